The summed E-state index contributed by atoms with van der Waals surface area (Å²) in [4.78, 5) is 0. The van der Waals surface area contributed by atoms with Gasteiger partial charge in [-0.25, -0.2) is 0 Å². The number of hydrogen-bond acceptors (Lipinski definition) is 2. The molecule has 0 aromatic carbocycles. The average Bonchev–Trinajstić information content (AvgIpc) is 1.83. The van der Waals surface area contributed by atoms with Gasteiger partial charge in [0.25, 0.3) is 0 Å². The minimum absolute atomic E-state index is 0.0798. The Morgan fingerprint density at radius 1 is 1.25 bits per heavy atom. The van der Waals surface area contributed by atoms with E-state index < -0.39 is 0 Å². The topological polar surface area (TPSA) is 35.2 Å². The predicted molar refractivity (Wildman–Crippen MR) is 53.1 cm³/mol. The van der Waals surface area contributed by atoms with Crippen LogP contribution in [0.3, 0.4) is 0 Å². The molecule has 0 bridgehead atoms. The zero-order chi connectivity index (χ0) is 9.78. The van der Waals surface area contributed by atoms with Crippen molar-refractivity contribution in [2.75, 3.05) is 7.11 Å². The molecular weight excluding hydrogens is 150 g/mol. The van der Waals surface area contributed by atoms with Gasteiger partial charge >= 0.3 is 0 Å². The van der Waals surface area contributed by atoms with Gasteiger partial charge < -0.3 is 10.5 Å². The molecule has 2 unspecified atom stereocenters. The summed E-state index contributed by atoms with van der Waals surface area (Å²) in [6.07, 6.45) is 2.25. The molecule has 74 valence electrons. The molecule has 0 aromatic heterocycles. The lowest BCUT2D eigenvalue weighted by molar-refractivity contribution is 0.0867. The van der Waals surface area contributed by atoms with Crippen LogP contribution < -0.4 is 5.73 Å². The van der Waals surface area contributed by atoms with Crippen LogP contribution in [0.15, 0.2) is 0 Å². The Morgan fingerprint density at radius 3 is 2.08 bits per heavy atom. The van der Waals surface area contributed by atoms with Crippen molar-refractivity contribution in [1.29, 1.82) is 0 Å². The van der Waals surface area contributed by atoms with Crippen molar-refractivity contribution in [1.82, 2.24) is 0 Å². The minimum Gasteiger partial charge on any atom is -0.382 e. The first-order valence-electron chi connectivity index (χ1n) is 4.69. The van der Waals surface area contributed by atoms with Crippen LogP contribution in [-0.4, -0.2) is 18.8 Å². The summed E-state index contributed by atoms with van der Waals surface area (Å²) in [5, 5.41) is 0. The summed E-state index contributed by atoms with van der Waals surface area (Å²) >= 11 is 0. The standard InChI is InChI=1S/C10H23NO/c1-8(2)6-10(4,11)7-9(3)12-5/h8-9H,6-7,11H2,1-5H3. The second-order valence-electron chi connectivity index (χ2n) is 4.50. The van der Waals surface area contributed by atoms with Gasteiger partial charge in [0.05, 0.1) is 6.10 Å². The Labute approximate surface area is 76.5 Å². The SMILES string of the molecule is COC(C)CC(C)(N)CC(C)C. The average molecular weight is 173 g/mol. The van der Waals surface area contributed by atoms with Crippen LogP contribution in [0.4, 0.5) is 0 Å². The fourth-order valence-corrected chi connectivity index (χ4v) is 1.76. The Kier molecular flexibility index (Phi) is 4.80. The molecule has 0 heterocycles. The van der Waals surface area contributed by atoms with Crippen molar-refractivity contribution < 1.29 is 4.74 Å². The maximum Gasteiger partial charge on any atom is 0.0560 e. The highest BCUT2D eigenvalue weighted by atomic mass is 16.5. The first kappa shape index (κ1) is 11.9. The van der Waals surface area contributed by atoms with E-state index in [2.05, 4.69) is 27.7 Å². The molecule has 0 amide bonds. The molecule has 0 radical (unpaired) electrons. The van der Waals surface area contributed by atoms with Gasteiger partial charge in [-0.3, -0.25) is 0 Å². The summed E-state index contributed by atoms with van der Waals surface area (Å²) in [6, 6.07) is 0. The maximum absolute atomic E-state index is 6.11. The van der Waals surface area contributed by atoms with Crippen molar-refractivity contribution in [2.45, 2.75) is 52.2 Å². The molecule has 2 atom stereocenters. The fourth-order valence-electron chi connectivity index (χ4n) is 1.76. The lowest BCUT2D eigenvalue weighted by Gasteiger charge is -2.29. The molecule has 0 aliphatic carbocycles. The normalized spacial score (nSPS) is 19.2. The van der Waals surface area contributed by atoms with Crippen LogP contribution in [-0.2, 0) is 4.74 Å². The Morgan fingerprint density at radius 2 is 1.75 bits per heavy atom. The van der Waals surface area contributed by atoms with Crippen molar-refractivity contribution >= 4 is 0 Å². The summed E-state index contributed by atoms with van der Waals surface area (Å²) in [5.74, 6) is 0.657. The van der Waals surface area contributed by atoms with E-state index >= 15 is 0 Å². The van der Waals surface area contributed by atoms with Gasteiger partial charge in [0, 0.05) is 12.6 Å². The molecule has 0 rings (SSSR count). The highest BCUT2D eigenvalue weighted by Crippen LogP contribution is 2.19. The summed E-state index contributed by atoms with van der Waals surface area (Å²) in [5.41, 5.74) is 6.03. The molecule has 0 saturated carbocycles. The first-order chi connectivity index (χ1) is 5.37. The van der Waals surface area contributed by atoms with Crippen LogP contribution in [0, 0.1) is 5.92 Å². The van der Waals surface area contributed by atoms with Gasteiger partial charge in [0.15, 0.2) is 0 Å². The number of hydrogen-bond donors (Lipinski definition) is 1. The van der Waals surface area contributed by atoms with E-state index in [1.54, 1.807) is 7.11 Å². The Bertz CT molecular complexity index is 121. The van der Waals surface area contributed by atoms with Crippen LogP contribution in [0.25, 0.3) is 0 Å². The third-order valence-corrected chi connectivity index (χ3v) is 2.03. The summed E-state index contributed by atoms with van der Waals surface area (Å²) < 4.78 is 5.19. The lowest BCUT2D eigenvalue weighted by Crippen LogP contribution is -2.40. The van der Waals surface area contributed by atoms with E-state index in [0.717, 1.165) is 12.8 Å². The van der Waals surface area contributed by atoms with Crippen molar-refractivity contribution in [3.05, 3.63) is 0 Å². The summed E-state index contributed by atoms with van der Waals surface area (Å²) in [6.45, 7) is 8.55. The van der Waals surface area contributed by atoms with Gasteiger partial charge in [0.2, 0.25) is 0 Å². The first-order valence-corrected chi connectivity index (χ1v) is 4.69. The molecule has 0 fully saturated rings. The molecule has 0 aliphatic rings. The van der Waals surface area contributed by atoms with E-state index in [-0.39, 0.29) is 11.6 Å². The van der Waals surface area contributed by atoms with Crippen molar-refractivity contribution in [3.63, 3.8) is 0 Å². The quantitative estimate of drug-likeness (QED) is 0.691. The smallest absolute Gasteiger partial charge is 0.0560 e. The van der Waals surface area contributed by atoms with E-state index in [9.17, 15) is 0 Å². The fraction of sp³-hybridized carbons (Fsp3) is 1.00. The van der Waals surface area contributed by atoms with Crippen LogP contribution >= 0.6 is 0 Å². The molecule has 2 nitrogen and oxygen atoms in total. The van der Waals surface area contributed by atoms with E-state index in [1.165, 1.54) is 0 Å². The monoisotopic (exact) mass is 173 g/mol. The third kappa shape index (κ3) is 5.56. The zero-order valence-corrected chi connectivity index (χ0v) is 9.05. The van der Waals surface area contributed by atoms with Crippen LogP contribution in [0.2, 0.25) is 0 Å². The number of rotatable bonds is 5. The maximum atomic E-state index is 6.11. The van der Waals surface area contributed by atoms with Gasteiger partial charge in [0.1, 0.15) is 0 Å². The van der Waals surface area contributed by atoms with Crippen molar-refractivity contribution in [3.8, 4) is 0 Å². The molecule has 12 heavy (non-hydrogen) atoms. The molecule has 0 spiro atoms. The molecule has 2 heteroatoms. The third-order valence-electron chi connectivity index (χ3n) is 2.03. The van der Waals surface area contributed by atoms with Gasteiger partial charge in [-0.05, 0) is 32.6 Å². The lowest BCUT2D eigenvalue weighted by atomic mass is 9.87. The molecule has 0 saturated heterocycles. The van der Waals surface area contributed by atoms with Gasteiger partial charge in [-0.1, -0.05) is 13.8 Å². The highest BCUT2D eigenvalue weighted by Gasteiger charge is 2.22. The van der Waals surface area contributed by atoms with Crippen molar-refractivity contribution in [2.24, 2.45) is 11.7 Å². The molecule has 2 N–H and O–H groups in total. The molecule has 0 aromatic rings. The number of methoxy groups -OCH3 is 1. The Balaban J connectivity index is 3.85. The largest absolute Gasteiger partial charge is 0.382 e. The van der Waals surface area contributed by atoms with Gasteiger partial charge in [-0.15, -0.1) is 0 Å². The van der Waals surface area contributed by atoms with Crippen LogP contribution in [0.1, 0.15) is 40.5 Å². The van der Waals surface area contributed by atoms with Gasteiger partial charge in [-0.2, -0.15) is 0 Å². The second kappa shape index (κ2) is 4.83. The second-order valence-corrected chi connectivity index (χ2v) is 4.50. The summed E-state index contributed by atoms with van der Waals surface area (Å²) in [7, 11) is 1.73. The molecular formula is C10H23NO. The molecule has 0 aliphatic heterocycles. The number of nitrogens with two attached hydrogens (primary N) is 1. The number of ether oxygens (including phenoxy) is 1. The zero-order valence-electron chi connectivity index (χ0n) is 9.05. The van der Waals surface area contributed by atoms with E-state index in [0.29, 0.717) is 5.92 Å². The minimum atomic E-state index is -0.0798. The predicted octanol–water partition coefficient (Wildman–Crippen LogP) is 2.17. The van der Waals surface area contributed by atoms with Crippen LogP contribution in [0.5, 0.6) is 0 Å². The van der Waals surface area contributed by atoms with E-state index in [4.69, 9.17) is 10.5 Å². The highest BCUT2D eigenvalue weighted by molar-refractivity contribution is 4.81. The van der Waals surface area contributed by atoms with E-state index in [1.807, 2.05) is 0 Å². The Hall–Kier alpha value is -0.0800.